The van der Waals surface area contributed by atoms with Crippen molar-refractivity contribution in [3.05, 3.63) is 40.9 Å². The molecule has 4 nitrogen and oxygen atoms in total. The molecule has 0 spiro atoms. The molecule has 0 amide bonds. The molecule has 0 unspecified atom stereocenters. The minimum atomic E-state index is 0.0575. The van der Waals surface area contributed by atoms with Gasteiger partial charge >= 0.3 is 0 Å². The summed E-state index contributed by atoms with van der Waals surface area (Å²) in [6, 6.07) is 8.00. The van der Waals surface area contributed by atoms with Crippen LogP contribution in [0.3, 0.4) is 0 Å². The second-order valence-electron chi connectivity index (χ2n) is 4.88. The number of nitrogens with zero attached hydrogens (tertiary/aromatic N) is 3. The molecule has 0 saturated heterocycles. The zero-order chi connectivity index (χ0) is 13.4. The van der Waals surface area contributed by atoms with Gasteiger partial charge in [0.15, 0.2) is 0 Å². The largest absolute Gasteiger partial charge is 0.329 e. The Hall–Kier alpha value is -2.10. The topological polar surface area (TPSA) is 39.8 Å². The van der Waals surface area contributed by atoms with E-state index in [4.69, 9.17) is 0 Å². The van der Waals surface area contributed by atoms with Crippen molar-refractivity contribution in [2.45, 2.75) is 26.3 Å². The molecule has 0 saturated carbocycles. The quantitative estimate of drug-likeness (QED) is 0.722. The van der Waals surface area contributed by atoms with Gasteiger partial charge in [-0.05, 0) is 12.5 Å². The van der Waals surface area contributed by atoms with Crippen molar-refractivity contribution in [2.24, 2.45) is 7.05 Å². The molecule has 0 radical (unpaired) electrons. The third-order valence-corrected chi connectivity index (χ3v) is 3.57. The molecule has 0 aliphatic heterocycles. The molecule has 1 aromatic carbocycles. The van der Waals surface area contributed by atoms with Crippen molar-refractivity contribution >= 4 is 21.9 Å². The van der Waals surface area contributed by atoms with Gasteiger partial charge in [0, 0.05) is 19.0 Å². The SMILES string of the molecule is CCCCn1c(=O)c2c(ncn2C)c2ccccc21. The number of benzene rings is 1. The van der Waals surface area contributed by atoms with E-state index in [2.05, 4.69) is 11.9 Å². The summed E-state index contributed by atoms with van der Waals surface area (Å²) in [4.78, 5) is 17.0. The maximum Gasteiger partial charge on any atom is 0.277 e. The van der Waals surface area contributed by atoms with Crippen LogP contribution < -0.4 is 5.56 Å². The molecule has 19 heavy (non-hydrogen) atoms. The van der Waals surface area contributed by atoms with Crippen LogP contribution in [-0.4, -0.2) is 14.1 Å². The van der Waals surface area contributed by atoms with Gasteiger partial charge in [0.2, 0.25) is 0 Å². The van der Waals surface area contributed by atoms with E-state index in [1.807, 2.05) is 40.4 Å². The second kappa shape index (κ2) is 4.53. The predicted molar refractivity (Wildman–Crippen MR) is 77.4 cm³/mol. The summed E-state index contributed by atoms with van der Waals surface area (Å²) < 4.78 is 3.69. The molecule has 0 aliphatic rings. The van der Waals surface area contributed by atoms with Gasteiger partial charge in [-0.25, -0.2) is 4.98 Å². The molecule has 2 aromatic heterocycles. The Balaban J connectivity index is 2.46. The molecule has 0 atom stereocenters. The Bertz CT molecular complexity index is 798. The molecule has 0 aliphatic carbocycles. The zero-order valence-corrected chi connectivity index (χ0v) is 11.3. The van der Waals surface area contributed by atoms with E-state index < -0.39 is 0 Å². The highest BCUT2D eigenvalue weighted by Gasteiger charge is 2.13. The van der Waals surface area contributed by atoms with Crippen LogP contribution in [0.5, 0.6) is 0 Å². The van der Waals surface area contributed by atoms with Gasteiger partial charge in [-0.1, -0.05) is 31.5 Å². The molecule has 0 N–H and O–H groups in total. The van der Waals surface area contributed by atoms with Crippen LogP contribution in [0.15, 0.2) is 35.4 Å². The molecule has 3 aromatic rings. The summed E-state index contributed by atoms with van der Waals surface area (Å²) in [5.74, 6) is 0. The molecule has 0 fully saturated rings. The molecule has 3 rings (SSSR count). The Morgan fingerprint density at radius 2 is 2.05 bits per heavy atom. The first-order chi connectivity index (χ1) is 9.24. The highest BCUT2D eigenvalue weighted by atomic mass is 16.1. The monoisotopic (exact) mass is 255 g/mol. The lowest BCUT2D eigenvalue weighted by molar-refractivity contribution is 0.633. The highest BCUT2D eigenvalue weighted by molar-refractivity contribution is 6.02. The summed E-state index contributed by atoms with van der Waals surface area (Å²) in [7, 11) is 1.87. The molecule has 2 heterocycles. The lowest BCUT2D eigenvalue weighted by Crippen LogP contribution is -2.22. The van der Waals surface area contributed by atoms with E-state index in [0.717, 1.165) is 35.8 Å². The standard InChI is InChI=1S/C15H17N3O/c1-3-4-9-18-12-8-6-5-7-11(12)13-14(15(18)19)17(2)10-16-13/h5-8,10H,3-4,9H2,1-2H3. The van der Waals surface area contributed by atoms with Gasteiger partial charge in [-0.2, -0.15) is 0 Å². The van der Waals surface area contributed by atoms with Gasteiger partial charge in [0.05, 0.1) is 11.8 Å². The Kier molecular flexibility index (Phi) is 2.85. The number of aryl methyl sites for hydroxylation is 2. The highest BCUT2D eigenvalue weighted by Crippen LogP contribution is 2.21. The number of aromatic nitrogens is 3. The Morgan fingerprint density at radius 3 is 2.84 bits per heavy atom. The third-order valence-electron chi connectivity index (χ3n) is 3.57. The fraction of sp³-hybridized carbons (Fsp3) is 0.333. The number of para-hydroxylation sites is 1. The van der Waals surface area contributed by atoms with Gasteiger partial charge in [0.25, 0.3) is 5.56 Å². The summed E-state index contributed by atoms with van der Waals surface area (Å²) in [6.07, 6.45) is 3.79. The summed E-state index contributed by atoms with van der Waals surface area (Å²) in [6.45, 7) is 2.90. The van der Waals surface area contributed by atoms with Crippen molar-refractivity contribution in [2.75, 3.05) is 0 Å². The number of imidazole rings is 1. The van der Waals surface area contributed by atoms with Crippen LogP contribution in [0.25, 0.3) is 21.9 Å². The van der Waals surface area contributed by atoms with Crippen LogP contribution in [0, 0.1) is 0 Å². The Morgan fingerprint density at radius 1 is 1.26 bits per heavy atom. The lowest BCUT2D eigenvalue weighted by atomic mass is 10.1. The fourth-order valence-corrected chi connectivity index (χ4v) is 2.56. The van der Waals surface area contributed by atoms with E-state index >= 15 is 0 Å². The first-order valence-corrected chi connectivity index (χ1v) is 6.66. The maximum absolute atomic E-state index is 12.6. The predicted octanol–water partition coefficient (Wildman–Crippen LogP) is 2.69. The number of fused-ring (bicyclic) bond motifs is 3. The van der Waals surface area contributed by atoms with Crippen molar-refractivity contribution in [1.29, 1.82) is 0 Å². The van der Waals surface area contributed by atoms with Gasteiger partial charge in [-0.3, -0.25) is 4.79 Å². The number of hydrogen-bond donors (Lipinski definition) is 0. The van der Waals surface area contributed by atoms with E-state index in [9.17, 15) is 4.79 Å². The van der Waals surface area contributed by atoms with Crippen molar-refractivity contribution in [3.8, 4) is 0 Å². The first kappa shape index (κ1) is 12.0. The van der Waals surface area contributed by atoms with Crippen molar-refractivity contribution in [3.63, 3.8) is 0 Å². The second-order valence-corrected chi connectivity index (χ2v) is 4.88. The lowest BCUT2D eigenvalue weighted by Gasteiger charge is -2.10. The van der Waals surface area contributed by atoms with E-state index in [-0.39, 0.29) is 5.56 Å². The number of hydrogen-bond acceptors (Lipinski definition) is 2. The molecule has 98 valence electrons. The zero-order valence-electron chi connectivity index (χ0n) is 11.3. The third kappa shape index (κ3) is 1.75. The maximum atomic E-state index is 12.6. The molecule has 0 bridgehead atoms. The van der Waals surface area contributed by atoms with Crippen LogP contribution in [-0.2, 0) is 13.6 Å². The number of pyridine rings is 1. The average molecular weight is 255 g/mol. The number of unbranched alkanes of at least 4 members (excludes halogenated alkanes) is 1. The van der Waals surface area contributed by atoms with Gasteiger partial charge in [0.1, 0.15) is 11.0 Å². The normalized spacial score (nSPS) is 11.5. The first-order valence-electron chi connectivity index (χ1n) is 6.66. The van der Waals surface area contributed by atoms with E-state index in [1.165, 1.54) is 0 Å². The molecular weight excluding hydrogens is 238 g/mol. The average Bonchev–Trinajstić information content (AvgIpc) is 2.81. The summed E-state index contributed by atoms with van der Waals surface area (Å²) >= 11 is 0. The van der Waals surface area contributed by atoms with E-state index in [0.29, 0.717) is 5.52 Å². The van der Waals surface area contributed by atoms with Crippen molar-refractivity contribution in [1.82, 2.24) is 14.1 Å². The minimum absolute atomic E-state index is 0.0575. The molecular formula is C15H17N3O. The Labute approximate surface area is 111 Å². The molecule has 4 heteroatoms. The summed E-state index contributed by atoms with van der Waals surface area (Å²) in [5, 5.41) is 1.05. The minimum Gasteiger partial charge on any atom is -0.329 e. The van der Waals surface area contributed by atoms with Gasteiger partial charge in [-0.15, -0.1) is 0 Å². The fourth-order valence-electron chi connectivity index (χ4n) is 2.56. The van der Waals surface area contributed by atoms with Crippen LogP contribution >= 0.6 is 0 Å². The smallest absolute Gasteiger partial charge is 0.277 e. The van der Waals surface area contributed by atoms with Crippen LogP contribution in [0.4, 0.5) is 0 Å². The summed E-state index contributed by atoms with van der Waals surface area (Å²) in [5.41, 5.74) is 2.53. The van der Waals surface area contributed by atoms with Gasteiger partial charge < -0.3 is 9.13 Å². The number of rotatable bonds is 3. The van der Waals surface area contributed by atoms with Crippen LogP contribution in [0.1, 0.15) is 19.8 Å². The van der Waals surface area contributed by atoms with E-state index in [1.54, 1.807) is 6.33 Å². The van der Waals surface area contributed by atoms with Crippen molar-refractivity contribution < 1.29 is 0 Å². The van der Waals surface area contributed by atoms with Crippen LogP contribution in [0.2, 0.25) is 0 Å².